The lowest BCUT2D eigenvalue weighted by Gasteiger charge is -2.03. The van der Waals surface area contributed by atoms with E-state index in [2.05, 4.69) is 10.2 Å². The Morgan fingerprint density at radius 2 is 2.14 bits per heavy atom. The maximum atomic E-state index is 5.45. The van der Waals surface area contributed by atoms with Gasteiger partial charge >= 0.3 is 0 Å². The highest BCUT2D eigenvalue weighted by Gasteiger charge is 2.13. The molecule has 0 saturated heterocycles. The summed E-state index contributed by atoms with van der Waals surface area (Å²) in [5.41, 5.74) is 3.01. The Balaban J connectivity index is 2.33. The number of nitrogens with zero attached hydrogens (tertiary/aromatic N) is 1. The van der Waals surface area contributed by atoms with Crippen molar-refractivity contribution in [3.8, 4) is 17.0 Å². The van der Waals surface area contributed by atoms with Crippen LogP contribution in [-0.4, -0.2) is 10.2 Å². The summed E-state index contributed by atoms with van der Waals surface area (Å²) in [5, 5.41) is 7.05. The Morgan fingerprint density at radius 1 is 1.21 bits per heavy atom. The standard InChI is InChI=1S/C11H8N2O/c1-2-4-10-9(3-1)11-8(5-6-14-10)7-12-13-11/h1-7H,(H,12,13). The first-order valence-electron chi connectivity index (χ1n) is 4.41. The number of aromatic amines is 1. The van der Waals surface area contributed by atoms with Crippen molar-refractivity contribution in [2.24, 2.45) is 0 Å². The van der Waals surface area contributed by atoms with Crippen LogP contribution in [0.1, 0.15) is 5.56 Å². The van der Waals surface area contributed by atoms with Gasteiger partial charge in [-0.1, -0.05) is 12.1 Å². The largest absolute Gasteiger partial charge is 0.464 e. The molecule has 1 aromatic carbocycles. The number of nitrogens with one attached hydrogen (secondary N) is 1. The number of aromatic nitrogens is 2. The molecular formula is C11H8N2O. The monoisotopic (exact) mass is 184 g/mol. The molecule has 14 heavy (non-hydrogen) atoms. The van der Waals surface area contributed by atoms with E-state index in [9.17, 15) is 0 Å². The number of para-hydroxylation sites is 1. The first-order valence-corrected chi connectivity index (χ1v) is 4.41. The third kappa shape index (κ3) is 0.956. The third-order valence-corrected chi connectivity index (χ3v) is 2.25. The van der Waals surface area contributed by atoms with Gasteiger partial charge in [0.1, 0.15) is 11.4 Å². The van der Waals surface area contributed by atoms with Crippen LogP contribution in [0.3, 0.4) is 0 Å². The minimum absolute atomic E-state index is 0.842. The van der Waals surface area contributed by atoms with Crippen molar-refractivity contribution in [2.75, 3.05) is 0 Å². The molecule has 2 aromatic rings. The molecule has 0 amide bonds. The van der Waals surface area contributed by atoms with Gasteiger partial charge in [-0.2, -0.15) is 5.10 Å². The second-order valence-corrected chi connectivity index (χ2v) is 3.11. The van der Waals surface area contributed by atoms with Gasteiger partial charge in [0.25, 0.3) is 0 Å². The molecule has 3 rings (SSSR count). The van der Waals surface area contributed by atoms with Gasteiger partial charge in [0.15, 0.2) is 0 Å². The number of hydrogen-bond donors (Lipinski definition) is 1. The molecule has 0 spiro atoms. The summed E-state index contributed by atoms with van der Waals surface area (Å²) < 4.78 is 5.45. The number of fused-ring (bicyclic) bond motifs is 3. The summed E-state index contributed by atoms with van der Waals surface area (Å²) in [6.07, 6.45) is 5.44. The lowest BCUT2D eigenvalue weighted by molar-refractivity contribution is 0.488. The van der Waals surface area contributed by atoms with E-state index >= 15 is 0 Å². The average molecular weight is 184 g/mol. The molecule has 0 aliphatic carbocycles. The van der Waals surface area contributed by atoms with Gasteiger partial charge in [-0.15, -0.1) is 0 Å². The van der Waals surface area contributed by atoms with Gasteiger partial charge in [0.2, 0.25) is 0 Å². The van der Waals surface area contributed by atoms with E-state index in [-0.39, 0.29) is 0 Å². The SMILES string of the molecule is C1=Cc2c[nH]nc2-c2ccccc2O1. The summed E-state index contributed by atoms with van der Waals surface area (Å²) in [5.74, 6) is 0.842. The van der Waals surface area contributed by atoms with Crippen LogP contribution in [0, 0.1) is 0 Å². The Labute approximate surface area is 81.0 Å². The summed E-state index contributed by atoms with van der Waals surface area (Å²) in [4.78, 5) is 0. The maximum absolute atomic E-state index is 5.45. The van der Waals surface area contributed by atoms with E-state index in [0.29, 0.717) is 0 Å². The summed E-state index contributed by atoms with van der Waals surface area (Å²) in [6.45, 7) is 0. The molecule has 0 fully saturated rings. The van der Waals surface area contributed by atoms with Crippen LogP contribution in [0.25, 0.3) is 17.3 Å². The Morgan fingerprint density at radius 3 is 3.14 bits per heavy atom. The van der Waals surface area contributed by atoms with Crippen molar-refractivity contribution in [1.82, 2.24) is 10.2 Å². The highest BCUT2D eigenvalue weighted by molar-refractivity contribution is 5.77. The molecule has 1 aliphatic rings. The van der Waals surface area contributed by atoms with Crippen LogP contribution in [0.2, 0.25) is 0 Å². The van der Waals surface area contributed by atoms with Crippen molar-refractivity contribution in [1.29, 1.82) is 0 Å². The fourth-order valence-electron chi connectivity index (χ4n) is 1.59. The van der Waals surface area contributed by atoms with Gasteiger partial charge in [-0.25, -0.2) is 0 Å². The van der Waals surface area contributed by atoms with Gasteiger partial charge in [-0.3, -0.25) is 5.10 Å². The van der Waals surface area contributed by atoms with Crippen molar-refractivity contribution in [3.05, 3.63) is 42.3 Å². The molecule has 68 valence electrons. The van der Waals surface area contributed by atoms with Crippen LogP contribution in [0.15, 0.2) is 36.7 Å². The number of rotatable bonds is 0. The number of benzene rings is 1. The molecule has 0 unspecified atom stereocenters. The van der Waals surface area contributed by atoms with E-state index in [1.165, 1.54) is 0 Å². The Kier molecular flexibility index (Phi) is 1.44. The van der Waals surface area contributed by atoms with Crippen LogP contribution in [0.4, 0.5) is 0 Å². The third-order valence-electron chi connectivity index (χ3n) is 2.25. The van der Waals surface area contributed by atoms with Crippen molar-refractivity contribution >= 4 is 6.08 Å². The van der Waals surface area contributed by atoms with Gasteiger partial charge in [0, 0.05) is 17.3 Å². The summed E-state index contributed by atoms with van der Waals surface area (Å²) >= 11 is 0. The molecule has 0 saturated carbocycles. The number of hydrogen-bond acceptors (Lipinski definition) is 2. The molecular weight excluding hydrogens is 176 g/mol. The van der Waals surface area contributed by atoms with Crippen LogP contribution < -0.4 is 4.74 Å². The van der Waals surface area contributed by atoms with Gasteiger partial charge in [-0.05, 0) is 18.2 Å². The molecule has 3 nitrogen and oxygen atoms in total. The van der Waals surface area contributed by atoms with Crippen molar-refractivity contribution in [3.63, 3.8) is 0 Å². The first kappa shape index (κ1) is 7.38. The fraction of sp³-hybridized carbons (Fsp3) is 0. The maximum Gasteiger partial charge on any atom is 0.135 e. The second kappa shape index (κ2) is 2.73. The molecule has 1 N–H and O–H groups in total. The molecule has 1 aromatic heterocycles. The minimum atomic E-state index is 0.842. The quantitative estimate of drug-likeness (QED) is 0.682. The predicted molar refractivity (Wildman–Crippen MR) is 53.7 cm³/mol. The Bertz CT molecular complexity index is 499. The average Bonchev–Trinajstić information content (AvgIpc) is 2.61. The zero-order chi connectivity index (χ0) is 9.38. The molecule has 1 aliphatic heterocycles. The summed E-state index contributed by atoms with van der Waals surface area (Å²) in [6, 6.07) is 7.86. The highest BCUT2D eigenvalue weighted by atomic mass is 16.5. The van der Waals surface area contributed by atoms with E-state index in [1.807, 2.05) is 36.5 Å². The second-order valence-electron chi connectivity index (χ2n) is 3.11. The summed E-state index contributed by atoms with van der Waals surface area (Å²) in [7, 11) is 0. The molecule has 2 heterocycles. The van der Waals surface area contributed by atoms with Crippen LogP contribution >= 0.6 is 0 Å². The van der Waals surface area contributed by atoms with Gasteiger partial charge in [0.05, 0.1) is 6.26 Å². The van der Waals surface area contributed by atoms with Crippen molar-refractivity contribution < 1.29 is 4.74 Å². The highest BCUT2D eigenvalue weighted by Crippen LogP contribution is 2.33. The van der Waals surface area contributed by atoms with E-state index in [4.69, 9.17) is 4.74 Å². The fourth-order valence-corrected chi connectivity index (χ4v) is 1.59. The number of ether oxygens (including phenoxy) is 1. The van der Waals surface area contributed by atoms with Crippen LogP contribution in [0.5, 0.6) is 5.75 Å². The zero-order valence-electron chi connectivity index (χ0n) is 7.40. The van der Waals surface area contributed by atoms with E-state index < -0.39 is 0 Å². The van der Waals surface area contributed by atoms with Crippen LogP contribution in [-0.2, 0) is 0 Å². The minimum Gasteiger partial charge on any atom is -0.464 e. The Hall–Kier alpha value is -2.03. The normalized spacial score (nSPS) is 12.6. The van der Waals surface area contributed by atoms with E-state index in [0.717, 1.165) is 22.6 Å². The topological polar surface area (TPSA) is 37.9 Å². The molecule has 0 bridgehead atoms. The lowest BCUT2D eigenvalue weighted by Crippen LogP contribution is -1.84. The molecule has 3 heteroatoms. The number of H-pyrrole nitrogens is 1. The predicted octanol–water partition coefficient (Wildman–Crippen LogP) is 2.44. The lowest BCUT2D eigenvalue weighted by atomic mass is 10.1. The molecule has 0 atom stereocenters. The smallest absolute Gasteiger partial charge is 0.135 e. The van der Waals surface area contributed by atoms with Gasteiger partial charge < -0.3 is 4.74 Å². The van der Waals surface area contributed by atoms with Crippen molar-refractivity contribution in [2.45, 2.75) is 0 Å². The molecule has 0 radical (unpaired) electrons. The first-order chi connectivity index (χ1) is 6.95. The zero-order valence-corrected chi connectivity index (χ0v) is 7.40. The van der Waals surface area contributed by atoms with E-state index in [1.54, 1.807) is 6.26 Å².